The summed E-state index contributed by atoms with van der Waals surface area (Å²) in [4.78, 5) is 1.97. The quantitative estimate of drug-likeness (QED) is 0.755. The van der Waals surface area contributed by atoms with E-state index in [9.17, 15) is 5.11 Å². The van der Waals surface area contributed by atoms with E-state index in [0.29, 0.717) is 13.2 Å². The molecule has 1 N–H and O–H groups in total. The van der Waals surface area contributed by atoms with Gasteiger partial charge in [-0.1, -0.05) is 30.4 Å². The van der Waals surface area contributed by atoms with Crippen LogP contribution in [-0.4, -0.2) is 56.6 Å². The van der Waals surface area contributed by atoms with Gasteiger partial charge in [0.2, 0.25) is 0 Å². The van der Waals surface area contributed by atoms with Gasteiger partial charge in [0.25, 0.3) is 0 Å². The molecule has 24 heavy (non-hydrogen) atoms. The molecule has 0 bridgehead atoms. The van der Waals surface area contributed by atoms with Crippen LogP contribution in [0.25, 0.3) is 0 Å². The predicted octanol–water partition coefficient (Wildman–Crippen LogP) is 2.82. The molecule has 4 heteroatoms. The maximum Gasteiger partial charge on any atom is 0.119 e. The van der Waals surface area contributed by atoms with E-state index in [-0.39, 0.29) is 6.10 Å². The third kappa shape index (κ3) is 6.11. The Morgan fingerprint density at radius 1 is 1.29 bits per heavy atom. The number of hydrogen-bond donors (Lipinski definition) is 1. The van der Waals surface area contributed by atoms with Crippen molar-refractivity contribution in [3.05, 3.63) is 53.6 Å². The lowest BCUT2D eigenvalue weighted by Gasteiger charge is -2.24. The predicted molar refractivity (Wildman–Crippen MR) is 97.5 cm³/mol. The molecule has 1 aliphatic carbocycles. The molecule has 0 spiro atoms. The second-order valence-corrected chi connectivity index (χ2v) is 6.50. The first-order valence-corrected chi connectivity index (χ1v) is 8.51. The smallest absolute Gasteiger partial charge is 0.119 e. The van der Waals surface area contributed by atoms with Crippen molar-refractivity contribution in [1.29, 1.82) is 0 Å². The van der Waals surface area contributed by atoms with Crippen molar-refractivity contribution in [3.8, 4) is 5.75 Å². The fraction of sp³-hybridized carbons (Fsp3) is 0.500. The fourth-order valence-electron chi connectivity index (χ4n) is 2.89. The molecule has 0 aliphatic heterocycles. The number of aliphatic hydroxyl groups is 1. The zero-order valence-corrected chi connectivity index (χ0v) is 14.9. The Hall–Kier alpha value is -1.62. The summed E-state index contributed by atoms with van der Waals surface area (Å²) < 4.78 is 11.3. The van der Waals surface area contributed by atoms with Gasteiger partial charge in [0, 0.05) is 6.54 Å². The topological polar surface area (TPSA) is 41.9 Å². The fourth-order valence-corrected chi connectivity index (χ4v) is 2.89. The number of allylic oxidation sites excluding steroid dienone is 2. The van der Waals surface area contributed by atoms with Crippen molar-refractivity contribution in [2.24, 2.45) is 0 Å². The van der Waals surface area contributed by atoms with Gasteiger partial charge in [-0.15, -0.1) is 0 Å². The van der Waals surface area contributed by atoms with Crippen molar-refractivity contribution >= 4 is 0 Å². The Morgan fingerprint density at radius 2 is 2.12 bits per heavy atom. The van der Waals surface area contributed by atoms with Crippen LogP contribution in [0.3, 0.4) is 0 Å². The number of rotatable bonds is 9. The molecule has 0 radical (unpaired) electrons. The number of aliphatic hydroxyl groups excluding tert-OH is 1. The molecule has 132 valence electrons. The molecule has 2 unspecified atom stereocenters. The van der Waals surface area contributed by atoms with Gasteiger partial charge < -0.3 is 19.5 Å². The van der Waals surface area contributed by atoms with Crippen LogP contribution >= 0.6 is 0 Å². The number of ether oxygens (including phenoxy) is 2. The van der Waals surface area contributed by atoms with Crippen molar-refractivity contribution in [3.63, 3.8) is 0 Å². The maximum absolute atomic E-state index is 9.98. The van der Waals surface area contributed by atoms with E-state index in [1.165, 1.54) is 11.1 Å². The van der Waals surface area contributed by atoms with Gasteiger partial charge in [-0.05, 0) is 56.6 Å². The highest BCUT2D eigenvalue weighted by Gasteiger charge is 2.18. The zero-order chi connectivity index (χ0) is 17.4. The van der Waals surface area contributed by atoms with Crippen LogP contribution in [0.4, 0.5) is 0 Å². The Labute approximate surface area is 145 Å². The highest BCUT2D eigenvalue weighted by atomic mass is 16.5. The van der Waals surface area contributed by atoms with Gasteiger partial charge in [-0.2, -0.15) is 0 Å². The average molecular weight is 331 g/mol. The van der Waals surface area contributed by atoms with E-state index in [4.69, 9.17) is 9.47 Å². The molecular formula is C20H29NO3. The monoisotopic (exact) mass is 331 g/mol. The number of nitrogens with zero attached hydrogens (tertiary/aromatic N) is 1. The molecule has 1 aliphatic rings. The largest absolute Gasteiger partial charge is 0.497 e. The third-order valence-electron chi connectivity index (χ3n) is 4.11. The lowest BCUT2D eigenvalue weighted by atomic mass is 9.95. The molecule has 2 rings (SSSR count). The number of methoxy groups -OCH3 is 1. The molecule has 1 aromatic rings. The Bertz CT molecular complexity index is 566. The van der Waals surface area contributed by atoms with Crippen LogP contribution in [0.5, 0.6) is 5.75 Å². The van der Waals surface area contributed by atoms with Gasteiger partial charge in [0.1, 0.15) is 5.75 Å². The zero-order valence-electron chi connectivity index (χ0n) is 14.9. The maximum atomic E-state index is 9.98. The molecule has 1 aromatic carbocycles. The summed E-state index contributed by atoms with van der Waals surface area (Å²) in [7, 11) is 5.59. The van der Waals surface area contributed by atoms with Gasteiger partial charge in [-0.3, -0.25) is 0 Å². The molecule has 0 saturated carbocycles. The number of aryl methyl sites for hydroxylation is 1. The second-order valence-electron chi connectivity index (χ2n) is 6.50. The Morgan fingerprint density at radius 3 is 2.88 bits per heavy atom. The van der Waals surface area contributed by atoms with Crippen molar-refractivity contribution in [1.82, 2.24) is 4.90 Å². The molecule has 2 atom stereocenters. The average Bonchev–Trinajstić information content (AvgIpc) is 2.58. The van der Waals surface area contributed by atoms with E-state index in [1.54, 1.807) is 7.11 Å². The Kier molecular flexibility index (Phi) is 7.50. The van der Waals surface area contributed by atoms with E-state index < -0.39 is 6.10 Å². The second kappa shape index (κ2) is 9.62. The standard InChI is InChI=1S/C20H29NO3/c1-21(2)14-18(22)15-24-20-10-5-4-8-17(20)12-11-16-7-6-9-19(13-16)23-3/h4-9,13,18,20,22H,10-12,14-15H2,1-3H3. The van der Waals surface area contributed by atoms with E-state index in [0.717, 1.165) is 25.0 Å². The molecule has 0 amide bonds. The van der Waals surface area contributed by atoms with Crippen LogP contribution in [0.2, 0.25) is 0 Å². The van der Waals surface area contributed by atoms with Gasteiger partial charge in [0.15, 0.2) is 0 Å². The number of benzene rings is 1. The summed E-state index contributed by atoms with van der Waals surface area (Å²) in [6, 6.07) is 8.19. The summed E-state index contributed by atoms with van der Waals surface area (Å²) in [5.74, 6) is 0.893. The summed E-state index contributed by atoms with van der Waals surface area (Å²) in [5, 5.41) is 9.98. The first-order chi connectivity index (χ1) is 11.6. The highest BCUT2D eigenvalue weighted by molar-refractivity contribution is 5.30. The lowest BCUT2D eigenvalue weighted by Crippen LogP contribution is -2.32. The van der Waals surface area contributed by atoms with Crippen LogP contribution in [0, 0.1) is 0 Å². The van der Waals surface area contributed by atoms with E-state index in [2.05, 4.69) is 30.4 Å². The van der Waals surface area contributed by atoms with E-state index in [1.807, 2.05) is 31.1 Å². The van der Waals surface area contributed by atoms with Crippen molar-refractivity contribution in [2.45, 2.75) is 31.5 Å². The van der Waals surface area contributed by atoms with Crippen LogP contribution in [-0.2, 0) is 11.2 Å². The molecular weight excluding hydrogens is 302 g/mol. The third-order valence-corrected chi connectivity index (χ3v) is 4.11. The lowest BCUT2D eigenvalue weighted by molar-refractivity contribution is -0.00378. The van der Waals surface area contributed by atoms with Gasteiger partial charge >= 0.3 is 0 Å². The first kappa shape index (κ1) is 18.7. The molecule has 0 fully saturated rings. The molecule has 0 aromatic heterocycles. The van der Waals surface area contributed by atoms with Gasteiger partial charge in [-0.25, -0.2) is 0 Å². The van der Waals surface area contributed by atoms with Crippen molar-refractivity contribution in [2.75, 3.05) is 34.4 Å². The summed E-state index contributed by atoms with van der Waals surface area (Å²) in [6.45, 7) is 0.985. The first-order valence-electron chi connectivity index (χ1n) is 8.51. The summed E-state index contributed by atoms with van der Waals surface area (Å²) in [5.41, 5.74) is 2.55. The Balaban J connectivity index is 1.87. The van der Waals surface area contributed by atoms with Gasteiger partial charge in [0.05, 0.1) is 25.9 Å². The minimum Gasteiger partial charge on any atom is -0.497 e. The SMILES string of the molecule is COc1cccc(CCC2=CC=CCC2OCC(O)CN(C)C)c1. The summed E-state index contributed by atoms with van der Waals surface area (Å²) in [6.07, 6.45) is 8.76. The van der Waals surface area contributed by atoms with Crippen LogP contribution < -0.4 is 4.74 Å². The normalized spacial score (nSPS) is 18.5. The molecule has 0 heterocycles. The highest BCUT2D eigenvalue weighted by Crippen LogP contribution is 2.23. The minimum atomic E-state index is -0.453. The minimum absolute atomic E-state index is 0.0671. The molecule has 0 saturated heterocycles. The molecule has 4 nitrogen and oxygen atoms in total. The summed E-state index contributed by atoms with van der Waals surface area (Å²) >= 11 is 0. The van der Waals surface area contributed by atoms with Crippen LogP contribution in [0.15, 0.2) is 48.1 Å². The van der Waals surface area contributed by atoms with Crippen LogP contribution in [0.1, 0.15) is 18.4 Å². The number of likely N-dealkylation sites (N-methyl/N-ethyl adjacent to an activating group) is 1. The number of hydrogen-bond acceptors (Lipinski definition) is 4. The van der Waals surface area contributed by atoms with Crippen molar-refractivity contribution < 1.29 is 14.6 Å². The van der Waals surface area contributed by atoms with E-state index >= 15 is 0 Å².